The molecule has 0 aliphatic rings. The van der Waals surface area contributed by atoms with Crippen molar-refractivity contribution in [3.05, 3.63) is 36.0 Å². The van der Waals surface area contributed by atoms with E-state index >= 15 is 0 Å². The summed E-state index contributed by atoms with van der Waals surface area (Å²) in [5.41, 5.74) is 6.74. The number of nitrogens with zero attached hydrogens (tertiary/aromatic N) is 1. The molecule has 0 aliphatic heterocycles. The van der Waals surface area contributed by atoms with Gasteiger partial charge in [0, 0.05) is 0 Å². The molecular formula is C10H11AsN2. The van der Waals surface area contributed by atoms with E-state index in [-0.39, 0.29) is 0 Å². The van der Waals surface area contributed by atoms with Gasteiger partial charge in [-0.15, -0.1) is 0 Å². The van der Waals surface area contributed by atoms with Crippen molar-refractivity contribution in [3.63, 3.8) is 0 Å². The van der Waals surface area contributed by atoms with E-state index in [1.165, 1.54) is 16.3 Å². The summed E-state index contributed by atoms with van der Waals surface area (Å²) >= 11 is 1.56. The Morgan fingerprint density at radius 2 is 2.15 bits per heavy atom. The first-order chi connectivity index (χ1) is 6.31. The third-order valence-corrected chi connectivity index (χ3v) is 3.06. The third-order valence-electron chi connectivity index (χ3n) is 2.10. The fourth-order valence-corrected chi connectivity index (χ4v) is 2.11. The Labute approximate surface area is 85.7 Å². The van der Waals surface area contributed by atoms with E-state index in [1.807, 2.05) is 12.3 Å². The fourth-order valence-electron chi connectivity index (χ4n) is 1.38. The standard InChI is InChI=1S/C10H11AsN2/c11-10-9-2-1-7(6-12)5-8(9)3-4-13-10/h1-5H,6,11-12H2. The van der Waals surface area contributed by atoms with Gasteiger partial charge in [-0.1, -0.05) is 0 Å². The van der Waals surface area contributed by atoms with Gasteiger partial charge in [-0.3, -0.25) is 0 Å². The molecule has 0 saturated carbocycles. The molecular weight excluding hydrogens is 223 g/mol. The Morgan fingerprint density at radius 3 is 2.92 bits per heavy atom. The molecule has 13 heavy (non-hydrogen) atoms. The maximum absolute atomic E-state index is 5.57. The van der Waals surface area contributed by atoms with E-state index in [2.05, 4.69) is 23.2 Å². The molecule has 0 aliphatic carbocycles. The summed E-state index contributed by atoms with van der Waals surface area (Å²) in [5.74, 6) is 0. The molecule has 2 nitrogen and oxygen atoms in total. The summed E-state index contributed by atoms with van der Waals surface area (Å²) < 4.78 is 1.13. The van der Waals surface area contributed by atoms with Gasteiger partial charge in [0.2, 0.25) is 0 Å². The van der Waals surface area contributed by atoms with Gasteiger partial charge in [0.1, 0.15) is 0 Å². The monoisotopic (exact) mass is 234 g/mol. The Kier molecular flexibility index (Phi) is 2.34. The van der Waals surface area contributed by atoms with Crippen LogP contribution < -0.4 is 10.2 Å². The first kappa shape index (κ1) is 8.73. The summed E-state index contributed by atoms with van der Waals surface area (Å²) in [7, 11) is 0. The number of rotatable bonds is 1. The summed E-state index contributed by atoms with van der Waals surface area (Å²) in [4.78, 5) is 4.26. The minimum atomic E-state index is 0.600. The molecule has 1 atom stereocenters. The second-order valence-electron chi connectivity index (χ2n) is 2.96. The number of pyridine rings is 1. The van der Waals surface area contributed by atoms with E-state index in [1.54, 1.807) is 16.9 Å². The minimum absolute atomic E-state index is 0.600. The summed E-state index contributed by atoms with van der Waals surface area (Å²) in [6.45, 7) is 0.600. The molecule has 0 saturated heterocycles. The molecule has 1 unspecified atom stereocenters. The second-order valence-corrected chi connectivity index (χ2v) is 4.10. The van der Waals surface area contributed by atoms with Gasteiger partial charge in [0.15, 0.2) is 0 Å². The van der Waals surface area contributed by atoms with Gasteiger partial charge in [0.05, 0.1) is 0 Å². The van der Waals surface area contributed by atoms with E-state index in [4.69, 9.17) is 5.73 Å². The summed E-state index contributed by atoms with van der Waals surface area (Å²) in [6.07, 6.45) is 1.85. The Hall–Kier alpha value is -0.852. The van der Waals surface area contributed by atoms with Gasteiger partial charge < -0.3 is 0 Å². The van der Waals surface area contributed by atoms with Crippen molar-refractivity contribution < 1.29 is 0 Å². The number of nitrogens with two attached hydrogens (primary N) is 1. The van der Waals surface area contributed by atoms with E-state index in [0.29, 0.717) is 6.54 Å². The van der Waals surface area contributed by atoms with Crippen LogP contribution in [0.4, 0.5) is 0 Å². The van der Waals surface area contributed by atoms with Crippen molar-refractivity contribution in [1.82, 2.24) is 4.98 Å². The van der Waals surface area contributed by atoms with Gasteiger partial charge in [0.25, 0.3) is 0 Å². The molecule has 0 amide bonds. The van der Waals surface area contributed by atoms with Crippen LogP contribution in [0.5, 0.6) is 0 Å². The molecule has 0 bridgehead atoms. The quantitative estimate of drug-likeness (QED) is 0.703. The van der Waals surface area contributed by atoms with Crippen LogP contribution in [0, 0.1) is 0 Å². The first-order valence-corrected chi connectivity index (χ1v) is 5.35. The van der Waals surface area contributed by atoms with Crippen molar-refractivity contribution in [3.8, 4) is 0 Å². The van der Waals surface area contributed by atoms with Gasteiger partial charge in [-0.2, -0.15) is 0 Å². The fraction of sp³-hybridized carbons (Fsp3) is 0.100. The van der Waals surface area contributed by atoms with Gasteiger partial charge in [-0.05, 0) is 0 Å². The molecule has 1 aromatic carbocycles. The first-order valence-electron chi connectivity index (χ1n) is 4.14. The molecule has 2 aromatic rings. The van der Waals surface area contributed by atoms with Crippen LogP contribution in [0.2, 0.25) is 0 Å². The van der Waals surface area contributed by atoms with Crippen molar-refractivity contribution in [1.29, 1.82) is 0 Å². The van der Waals surface area contributed by atoms with E-state index in [0.717, 1.165) is 4.48 Å². The van der Waals surface area contributed by atoms with Crippen LogP contribution in [0.3, 0.4) is 0 Å². The van der Waals surface area contributed by atoms with E-state index < -0.39 is 0 Å². The normalized spacial score (nSPS) is 10.6. The van der Waals surface area contributed by atoms with Crippen LogP contribution >= 0.6 is 0 Å². The molecule has 2 rings (SSSR count). The van der Waals surface area contributed by atoms with Crippen LogP contribution in [-0.4, -0.2) is 21.8 Å². The summed E-state index contributed by atoms with van der Waals surface area (Å²) in [6, 6.07) is 8.31. The zero-order valence-corrected chi connectivity index (χ0v) is 9.62. The average molecular weight is 234 g/mol. The number of fused-ring (bicyclic) bond motifs is 1. The molecule has 1 heterocycles. The van der Waals surface area contributed by atoms with Crippen LogP contribution in [0.1, 0.15) is 5.56 Å². The zero-order valence-electron chi connectivity index (χ0n) is 7.20. The molecule has 0 spiro atoms. The average Bonchev–Trinajstić information content (AvgIpc) is 2.18. The van der Waals surface area contributed by atoms with Crippen LogP contribution in [0.15, 0.2) is 30.5 Å². The number of benzene rings is 1. The topological polar surface area (TPSA) is 38.9 Å². The molecule has 3 heteroatoms. The molecule has 0 radical (unpaired) electrons. The Bertz CT molecular complexity index is 440. The molecule has 1 aromatic heterocycles. The zero-order chi connectivity index (χ0) is 9.26. The second kappa shape index (κ2) is 3.49. The number of aromatic nitrogens is 1. The van der Waals surface area contributed by atoms with Crippen LogP contribution in [-0.2, 0) is 6.54 Å². The predicted molar refractivity (Wildman–Crippen MR) is 57.8 cm³/mol. The number of hydrogen-bond acceptors (Lipinski definition) is 2. The summed E-state index contributed by atoms with van der Waals surface area (Å²) in [5, 5.41) is 2.47. The van der Waals surface area contributed by atoms with E-state index in [9.17, 15) is 0 Å². The van der Waals surface area contributed by atoms with Crippen molar-refractivity contribution in [2.24, 2.45) is 5.73 Å². The van der Waals surface area contributed by atoms with Crippen LogP contribution in [0.25, 0.3) is 10.8 Å². The molecule has 0 fully saturated rings. The maximum atomic E-state index is 5.57. The molecule has 2 N–H and O–H groups in total. The Morgan fingerprint density at radius 1 is 1.31 bits per heavy atom. The van der Waals surface area contributed by atoms with Crippen molar-refractivity contribution in [2.45, 2.75) is 6.54 Å². The molecule has 66 valence electrons. The third kappa shape index (κ3) is 1.60. The predicted octanol–water partition coefficient (Wildman–Crippen LogP) is -0.0481. The van der Waals surface area contributed by atoms with Crippen molar-refractivity contribution in [2.75, 3.05) is 0 Å². The SMILES string of the molecule is NCc1ccc2c([AsH2])nccc2c1. The van der Waals surface area contributed by atoms with Crippen molar-refractivity contribution >= 4 is 32.1 Å². The van der Waals surface area contributed by atoms with Gasteiger partial charge >= 0.3 is 85.4 Å². The van der Waals surface area contributed by atoms with Gasteiger partial charge in [-0.25, -0.2) is 0 Å². The number of hydrogen-bond donors (Lipinski definition) is 1. The Balaban J connectivity index is 2.72.